The Balaban J connectivity index is 3.46. The van der Waals surface area contributed by atoms with E-state index in [4.69, 9.17) is 5.53 Å². The maximum absolute atomic E-state index is 10.4. The van der Waals surface area contributed by atoms with E-state index in [0.717, 1.165) is 0 Å². The number of hydrogen-bond acceptors (Lipinski definition) is 4. The number of nitro benzene ring substituents is 1. The van der Waals surface area contributed by atoms with E-state index >= 15 is 0 Å². The molecule has 7 nitrogen and oxygen atoms in total. The molecule has 1 aromatic rings. The summed E-state index contributed by atoms with van der Waals surface area (Å²) in [7, 11) is 0. The van der Waals surface area contributed by atoms with Crippen LogP contribution < -0.4 is 0 Å². The van der Waals surface area contributed by atoms with E-state index in [0.29, 0.717) is 5.56 Å². The largest absolute Gasteiger partial charge is 0.502 e. The quantitative estimate of drug-likeness (QED) is 0.256. The first-order valence-corrected chi connectivity index (χ1v) is 3.59. The Morgan fingerprint density at radius 2 is 2.29 bits per heavy atom. The zero-order valence-corrected chi connectivity index (χ0v) is 7.21. The van der Waals surface area contributed by atoms with Gasteiger partial charge < -0.3 is 5.11 Å². The van der Waals surface area contributed by atoms with Gasteiger partial charge >= 0.3 is 5.69 Å². The lowest BCUT2D eigenvalue weighted by Gasteiger charge is -2.00. The summed E-state index contributed by atoms with van der Waals surface area (Å²) in [4.78, 5) is 12.2. The third-order valence-electron chi connectivity index (χ3n) is 1.56. The van der Waals surface area contributed by atoms with Crippen LogP contribution in [0.4, 0.5) is 11.4 Å². The number of benzene rings is 1. The third-order valence-corrected chi connectivity index (χ3v) is 1.56. The standard InChI is InChI=1S/C7H6N4O3/c1-4-2-5(9-10-8)7(12)6(3-4)11(13)14/h2-3,12H,1H3. The van der Waals surface area contributed by atoms with Crippen molar-refractivity contribution in [2.45, 2.75) is 6.92 Å². The minimum atomic E-state index is -0.737. The molecule has 0 saturated carbocycles. The maximum atomic E-state index is 10.4. The molecule has 0 aliphatic rings. The van der Waals surface area contributed by atoms with Crippen LogP contribution in [0.3, 0.4) is 0 Å². The van der Waals surface area contributed by atoms with Crippen LogP contribution in [0, 0.1) is 17.0 Å². The first-order chi connectivity index (χ1) is 6.56. The molecule has 0 fully saturated rings. The molecule has 0 heterocycles. The number of aryl methyl sites for hydroxylation is 1. The van der Waals surface area contributed by atoms with E-state index in [-0.39, 0.29) is 5.69 Å². The molecule has 1 N–H and O–H groups in total. The topological polar surface area (TPSA) is 112 Å². The van der Waals surface area contributed by atoms with Crippen LogP contribution in [-0.4, -0.2) is 10.0 Å². The number of phenols is 1. The van der Waals surface area contributed by atoms with Crippen molar-refractivity contribution in [3.05, 3.63) is 38.3 Å². The summed E-state index contributed by atoms with van der Waals surface area (Å²) in [6.45, 7) is 1.60. The highest BCUT2D eigenvalue weighted by atomic mass is 16.6. The van der Waals surface area contributed by atoms with Crippen molar-refractivity contribution >= 4 is 11.4 Å². The van der Waals surface area contributed by atoms with Crippen LogP contribution in [0.25, 0.3) is 10.4 Å². The maximum Gasteiger partial charge on any atom is 0.311 e. The van der Waals surface area contributed by atoms with E-state index in [1.54, 1.807) is 6.92 Å². The van der Waals surface area contributed by atoms with Crippen molar-refractivity contribution in [3.8, 4) is 5.75 Å². The van der Waals surface area contributed by atoms with Crippen molar-refractivity contribution in [1.29, 1.82) is 0 Å². The van der Waals surface area contributed by atoms with Gasteiger partial charge in [0.05, 0.1) is 10.6 Å². The SMILES string of the molecule is Cc1cc(N=[N+]=[N-])c(O)c([N+](=O)[O-])c1. The molecular weight excluding hydrogens is 188 g/mol. The Bertz CT molecular complexity index is 414. The zero-order valence-electron chi connectivity index (χ0n) is 7.21. The summed E-state index contributed by atoms with van der Waals surface area (Å²) < 4.78 is 0. The van der Waals surface area contributed by atoms with E-state index in [1.807, 2.05) is 0 Å². The van der Waals surface area contributed by atoms with Crippen molar-refractivity contribution in [2.75, 3.05) is 0 Å². The number of nitro groups is 1. The van der Waals surface area contributed by atoms with Gasteiger partial charge in [-0.3, -0.25) is 10.1 Å². The number of azide groups is 1. The van der Waals surface area contributed by atoms with Gasteiger partial charge in [-0.2, -0.15) is 0 Å². The third kappa shape index (κ3) is 1.73. The van der Waals surface area contributed by atoms with E-state index < -0.39 is 16.4 Å². The van der Waals surface area contributed by atoms with Crippen LogP contribution in [-0.2, 0) is 0 Å². The molecule has 0 radical (unpaired) electrons. The Morgan fingerprint density at radius 1 is 1.64 bits per heavy atom. The zero-order chi connectivity index (χ0) is 10.7. The molecule has 0 aromatic heterocycles. The van der Waals surface area contributed by atoms with Crippen molar-refractivity contribution in [1.82, 2.24) is 0 Å². The van der Waals surface area contributed by atoms with Gasteiger partial charge in [0.25, 0.3) is 0 Å². The predicted octanol–water partition coefficient (Wildman–Crippen LogP) is 2.55. The molecule has 0 atom stereocenters. The smallest absolute Gasteiger partial charge is 0.311 e. The van der Waals surface area contributed by atoms with E-state index in [1.165, 1.54) is 12.1 Å². The van der Waals surface area contributed by atoms with Crippen molar-refractivity contribution in [3.63, 3.8) is 0 Å². The second-order valence-electron chi connectivity index (χ2n) is 2.60. The summed E-state index contributed by atoms with van der Waals surface area (Å²) >= 11 is 0. The molecule has 7 heteroatoms. The van der Waals surface area contributed by atoms with Crippen LogP contribution in [0.1, 0.15) is 5.56 Å². The van der Waals surface area contributed by atoms with Crippen LogP contribution in [0.15, 0.2) is 17.2 Å². The summed E-state index contributed by atoms with van der Waals surface area (Å²) in [5, 5.41) is 22.9. The Kier molecular flexibility index (Phi) is 2.54. The monoisotopic (exact) mass is 194 g/mol. The van der Waals surface area contributed by atoms with Crippen molar-refractivity contribution in [2.24, 2.45) is 5.11 Å². The molecular formula is C7H6N4O3. The summed E-state index contributed by atoms with van der Waals surface area (Å²) in [6, 6.07) is 2.56. The van der Waals surface area contributed by atoms with Gasteiger partial charge in [-0.05, 0) is 24.1 Å². The average Bonchev–Trinajstić information content (AvgIpc) is 2.10. The lowest BCUT2D eigenvalue weighted by molar-refractivity contribution is -0.385. The molecule has 0 bridgehead atoms. The summed E-state index contributed by atoms with van der Waals surface area (Å²) in [6.07, 6.45) is 0. The number of rotatable bonds is 2. The fraction of sp³-hybridized carbons (Fsp3) is 0.143. The number of hydrogen-bond donors (Lipinski definition) is 1. The average molecular weight is 194 g/mol. The molecule has 72 valence electrons. The van der Waals surface area contributed by atoms with Crippen LogP contribution in [0.5, 0.6) is 5.75 Å². The lowest BCUT2D eigenvalue weighted by Crippen LogP contribution is -1.89. The Hall–Kier alpha value is -2.27. The van der Waals surface area contributed by atoms with Gasteiger partial charge in [-0.25, -0.2) is 0 Å². The van der Waals surface area contributed by atoms with E-state index in [9.17, 15) is 15.2 Å². The van der Waals surface area contributed by atoms with Gasteiger partial charge in [0.2, 0.25) is 5.75 Å². The van der Waals surface area contributed by atoms with Crippen molar-refractivity contribution < 1.29 is 10.0 Å². The number of nitrogens with zero attached hydrogens (tertiary/aromatic N) is 4. The lowest BCUT2D eigenvalue weighted by atomic mass is 10.2. The highest BCUT2D eigenvalue weighted by Gasteiger charge is 2.16. The fourth-order valence-electron chi connectivity index (χ4n) is 1.00. The summed E-state index contributed by atoms with van der Waals surface area (Å²) in [5.41, 5.74) is 8.08. The van der Waals surface area contributed by atoms with Gasteiger partial charge in [-0.15, -0.1) is 0 Å². The minimum absolute atomic E-state index is 0.140. The molecule has 0 aliphatic heterocycles. The Morgan fingerprint density at radius 3 is 2.79 bits per heavy atom. The molecule has 0 unspecified atom stereocenters. The summed E-state index contributed by atoms with van der Waals surface area (Å²) in [5.74, 6) is -0.613. The van der Waals surface area contributed by atoms with E-state index in [2.05, 4.69) is 10.0 Å². The first kappa shape index (κ1) is 9.82. The minimum Gasteiger partial charge on any atom is -0.502 e. The Labute approximate surface area is 78.4 Å². The molecule has 0 saturated heterocycles. The second-order valence-corrected chi connectivity index (χ2v) is 2.60. The van der Waals surface area contributed by atoms with Gasteiger partial charge in [0, 0.05) is 11.0 Å². The molecule has 0 spiro atoms. The van der Waals surface area contributed by atoms with Gasteiger partial charge in [-0.1, -0.05) is 5.11 Å². The molecule has 0 aliphatic carbocycles. The van der Waals surface area contributed by atoms with Gasteiger partial charge in [0.15, 0.2) is 0 Å². The van der Waals surface area contributed by atoms with Gasteiger partial charge in [0.1, 0.15) is 0 Å². The highest BCUT2D eigenvalue weighted by Crippen LogP contribution is 2.36. The molecule has 1 rings (SSSR count). The molecule has 1 aromatic carbocycles. The van der Waals surface area contributed by atoms with Crippen LogP contribution in [0.2, 0.25) is 0 Å². The normalized spacial score (nSPS) is 9.21. The number of aromatic hydroxyl groups is 1. The molecule has 14 heavy (non-hydrogen) atoms. The second kappa shape index (κ2) is 3.63. The van der Waals surface area contributed by atoms with Crippen LogP contribution >= 0.6 is 0 Å². The predicted molar refractivity (Wildman–Crippen MR) is 48.3 cm³/mol. The fourth-order valence-corrected chi connectivity index (χ4v) is 1.00. The highest BCUT2D eigenvalue weighted by molar-refractivity contribution is 5.63. The first-order valence-electron chi connectivity index (χ1n) is 3.59. The molecule has 0 amide bonds. The number of phenolic OH excluding ortho intramolecular Hbond substituents is 1.